The summed E-state index contributed by atoms with van der Waals surface area (Å²) >= 11 is 0. The lowest BCUT2D eigenvalue weighted by molar-refractivity contribution is -0.939. The topological polar surface area (TPSA) is 102 Å². The zero-order valence-corrected chi connectivity index (χ0v) is 21.3. The Morgan fingerprint density at radius 3 is 2.53 bits per heavy atom. The highest BCUT2D eigenvalue weighted by Crippen LogP contribution is 2.48. The SMILES string of the molecule is O=C(C[N+]12CCC(CC1)[C@@H](OC(=O)C(O)(c1ccccc1)C1CCC(F)(F)C1)C2)Nc1ccon1.[Br-]. The number of ether oxygens (including phenoxy) is 1. The molecule has 0 spiro atoms. The Hall–Kier alpha value is -2.37. The Balaban J connectivity index is 0.00000304. The summed E-state index contributed by atoms with van der Waals surface area (Å²) in [6.07, 6.45) is 1.53. The summed E-state index contributed by atoms with van der Waals surface area (Å²) in [6.45, 7) is 2.20. The molecule has 1 amide bonds. The number of carbonyl (C=O) groups is 2. The van der Waals surface area contributed by atoms with E-state index in [2.05, 4.69) is 10.5 Å². The van der Waals surface area contributed by atoms with Gasteiger partial charge in [0.1, 0.15) is 12.8 Å². The Morgan fingerprint density at radius 1 is 1.19 bits per heavy atom. The van der Waals surface area contributed by atoms with Gasteiger partial charge in [-0.25, -0.2) is 13.6 Å². The zero-order chi connectivity index (χ0) is 24.7. The van der Waals surface area contributed by atoms with Gasteiger partial charge in [-0.1, -0.05) is 35.5 Å². The van der Waals surface area contributed by atoms with Crippen LogP contribution < -0.4 is 22.3 Å². The number of carbonyl (C=O) groups excluding carboxylic acids is 2. The average Bonchev–Trinajstić information content (AvgIpc) is 3.48. The molecule has 0 radical (unpaired) electrons. The zero-order valence-electron chi connectivity index (χ0n) is 19.7. The van der Waals surface area contributed by atoms with E-state index in [0.717, 1.165) is 25.9 Å². The molecule has 1 saturated carbocycles. The van der Waals surface area contributed by atoms with Gasteiger partial charge in [0.05, 0.1) is 13.1 Å². The number of anilines is 1. The van der Waals surface area contributed by atoms with Gasteiger partial charge in [-0.3, -0.25) is 4.79 Å². The Kier molecular flexibility index (Phi) is 7.55. The molecule has 2 unspecified atom stereocenters. The summed E-state index contributed by atoms with van der Waals surface area (Å²) in [6, 6.07) is 9.80. The van der Waals surface area contributed by atoms with Crippen LogP contribution in [0.2, 0.25) is 0 Å². The van der Waals surface area contributed by atoms with E-state index in [1.165, 1.54) is 6.26 Å². The average molecular weight is 570 g/mol. The van der Waals surface area contributed by atoms with Crippen LogP contribution in [0.15, 0.2) is 47.2 Å². The number of amides is 1. The minimum absolute atomic E-state index is 0. The maximum atomic E-state index is 14.1. The third-order valence-corrected chi connectivity index (χ3v) is 8.00. The second kappa shape index (κ2) is 10.2. The predicted molar refractivity (Wildman–Crippen MR) is 120 cm³/mol. The number of esters is 1. The van der Waals surface area contributed by atoms with E-state index in [4.69, 9.17) is 9.26 Å². The molecule has 3 aliphatic heterocycles. The summed E-state index contributed by atoms with van der Waals surface area (Å²) < 4.78 is 39.3. The summed E-state index contributed by atoms with van der Waals surface area (Å²) in [5.74, 6) is -4.50. The molecule has 2 N–H and O–H groups in total. The summed E-state index contributed by atoms with van der Waals surface area (Å²) in [4.78, 5) is 26.2. The Labute approximate surface area is 218 Å². The first-order chi connectivity index (χ1) is 16.7. The maximum absolute atomic E-state index is 14.1. The van der Waals surface area contributed by atoms with Crippen LogP contribution in [0, 0.1) is 11.8 Å². The number of halogens is 3. The molecule has 4 heterocycles. The van der Waals surface area contributed by atoms with Crippen molar-refractivity contribution in [1.82, 2.24) is 5.16 Å². The smallest absolute Gasteiger partial charge is 0.343 e. The van der Waals surface area contributed by atoms with Crippen LogP contribution in [0.25, 0.3) is 0 Å². The van der Waals surface area contributed by atoms with Gasteiger partial charge in [0, 0.05) is 43.6 Å². The number of benzene rings is 1. The number of hydrogen-bond donors (Lipinski definition) is 2. The molecule has 1 aliphatic carbocycles. The van der Waals surface area contributed by atoms with Gasteiger partial charge < -0.3 is 41.1 Å². The number of rotatable bonds is 7. The standard InChI is InChI=1S/C25H29F2N3O5.BrH/c26-24(27)10-6-19(14-24)25(33,18-4-2-1-3-5-18)23(32)35-20-15-30(11-7-17(20)8-12-30)16-22(31)28-21-9-13-34-29-21;/h1-5,9,13,17,19-20,33H,6-8,10-12,14-16H2;1H/t17?,19?,20-,25?,30?;/m0./s1. The van der Waals surface area contributed by atoms with Crippen LogP contribution in [0.1, 0.15) is 37.7 Å². The lowest BCUT2D eigenvalue weighted by Crippen LogP contribution is -3.00. The van der Waals surface area contributed by atoms with Crippen molar-refractivity contribution in [2.75, 3.05) is 31.5 Å². The van der Waals surface area contributed by atoms with Gasteiger partial charge >= 0.3 is 5.97 Å². The lowest BCUT2D eigenvalue weighted by Gasteiger charge is -2.51. The van der Waals surface area contributed by atoms with Crippen LogP contribution in [0.5, 0.6) is 0 Å². The number of piperidine rings is 3. The van der Waals surface area contributed by atoms with Crippen molar-refractivity contribution in [3.05, 3.63) is 48.2 Å². The van der Waals surface area contributed by atoms with Crippen molar-refractivity contribution in [3.8, 4) is 0 Å². The number of hydrogen-bond acceptors (Lipinski definition) is 6. The fraction of sp³-hybridized carbons (Fsp3) is 0.560. The fourth-order valence-electron chi connectivity index (χ4n) is 6.09. The molecule has 196 valence electrons. The number of fused-ring (bicyclic) bond motifs is 3. The highest BCUT2D eigenvalue weighted by molar-refractivity contribution is 5.90. The molecule has 11 heteroatoms. The molecule has 6 rings (SSSR count). The van der Waals surface area contributed by atoms with Crippen molar-refractivity contribution in [1.29, 1.82) is 0 Å². The van der Waals surface area contributed by atoms with Crippen molar-refractivity contribution in [3.63, 3.8) is 0 Å². The number of nitrogens with one attached hydrogen (secondary N) is 1. The first kappa shape index (κ1) is 26.7. The van der Waals surface area contributed by atoms with E-state index in [-0.39, 0.29) is 53.8 Å². The lowest BCUT2D eigenvalue weighted by atomic mass is 9.79. The molecule has 8 nitrogen and oxygen atoms in total. The van der Waals surface area contributed by atoms with Gasteiger partial charge in [-0.15, -0.1) is 0 Å². The number of quaternary nitrogens is 1. The molecule has 4 aliphatic rings. The van der Waals surface area contributed by atoms with Crippen molar-refractivity contribution in [2.45, 2.75) is 49.7 Å². The van der Waals surface area contributed by atoms with Gasteiger partial charge in [0.15, 0.2) is 24.1 Å². The van der Waals surface area contributed by atoms with Crippen molar-refractivity contribution < 1.29 is 54.2 Å². The number of aliphatic hydroxyl groups is 1. The van der Waals surface area contributed by atoms with Crippen molar-refractivity contribution in [2.24, 2.45) is 11.8 Å². The minimum Gasteiger partial charge on any atom is -1.00 e. The molecule has 2 bridgehead atoms. The monoisotopic (exact) mass is 569 g/mol. The van der Waals surface area contributed by atoms with Gasteiger partial charge in [-0.05, 0) is 12.0 Å². The van der Waals surface area contributed by atoms with Gasteiger partial charge in [0.25, 0.3) is 5.91 Å². The second-order valence-electron chi connectivity index (χ2n) is 10.3. The fourth-order valence-corrected chi connectivity index (χ4v) is 6.09. The maximum Gasteiger partial charge on any atom is 0.343 e. The van der Waals surface area contributed by atoms with Crippen LogP contribution >= 0.6 is 0 Å². The number of nitrogens with zero attached hydrogens (tertiary/aromatic N) is 2. The quantitative estimate of drug-likeness (QED) is 0.362. The molecular formula is C25H30BrF2N3O5. The van der Waals surface area contributed by atoms with Gasteiger partial charge in [0.2, 0.25) is 5.92 Å². The van der Waals surface area contributed by atoms with E-state index in [0.29, 0.717) is 16.8 Å². The molecule has 36 heavy (non-hydrogen) atoms. The second-order valence-corrected chi connectivity index (χ2v) is 10.3. The van der Waals surface area contributed by atoms with Crippen molar-refractivity contribution >= 4 is 17.7 Å². The molecule has 1 aromatic heterocycles. The molecule has 4 fully saturated rings. The Morgan fingerprint density at radius 2 is 1.92 bits per heavy atom. The normalized spacial score (nSPS) is 30.1. The van der Waals surface area contributed by atoms with Crippen LogP contribution in [-0.2, 0) is 19.9 Å². The molecular weight excluding hydrogens is 540 g/mol. The molecule has 2 aromatic rings. The summed E-state index contributed by atoms with van der Waals surface area (Å²) in [5, 5.41) is 18.1. The first-order valence-electron chi connectivity index (χ1n) is 12.1. The van der Waals surface area contributed by atoms with Crippen LogP contribution in [0.3, 0.4) is 0 Å². The third-order valence-electron chi connectivity index (χ3n) is 8.00. The molecule has 3 atom stereocenters. The predicted octanol–water partition coefficient (Wildman–Crippen LogP) is 0.0925. The largest absolute Gasteiger partial charge is 1.00 e. The third kappa shape index (κ3) is 5.19. The van der Waals surface area contributed by atoms with Gasteiger partial charge in [-0.2, -0.15) is 0 Å². The summed E-state index contributed by atoms with van der Waals surface area (Å²) in [5.41, 5.74) is -1.88. The molecule has 1 aromatic carbocycles. The number of alkyl halides is 2. The van der Waals surface area contributed by atoms with Crippen LogP contribution in [-0.4, -0.2) is 64.8 Å². The minimum atomic E-state index is -2.92. The van der Waals surface area contributed by atoms with E-state index < -0.39 is 35.9 Å². The highest BCUT2D eigenvalue weighted by Gasteiger charge is 2.56. The van der Waals surface area contributed by atoms with Crippen LogP contribution in [0.4, 0.5) is 14.6 Å². The molecule has 3 saturated heterocycles. The Bertz CT molecular complexity index is 1060. The number of aromatic nitrogens is 1. The highest BCUT2D eigenvalue weighted by atomic mass is 79.9. The first-order valence-corrected chi connectivity index (χ1v) is 12.1. The van der Waals surface area contributed by atoms with E-state index >= 15 is 0 Å². The van der Waals surface area contributed by atoms with E-state index in [1.807, 2.05) is 0 Å². The van der Waals surface area contributed by atoms with E-state index in [9.17, 15) is 23.5 Å². The summed E-state index contributed by atoms with van der Waals surface area (Å²) in [7, 11) is 0. The van der Waals surface area contributed by atoms with E-state index in [1.54, 1.807) is 36.4 Å².